The number of carbonyl (C=O) groups is 1. The summed E-state index contributed by atoms with van der Waals surface area (Å²) in [5.41, 5.74) is 1.77. The fourth-order valence-corrected chi connectivity index (χ4v) is 2.10. The first-order chi connectivity index (χ1) is 10.1. The number of aromatic nitrogens is 2. The Morgan fingerprint density at radius 1 is 1.24 bits per heavy atom. The first kappa shape index (κ1) is 15.3. The van der Waals surface area contributed by atoms with Crippen LogP contribution in [0.4, 0.5) is 5.82 Å². The predicted octanol–water partition coefficient (Wildman–Crippen LogP) is 2.51. The highest BCUT2D eigenvalue weighted by atomic mass is 32.2. The molecule has 0 unspecified atom stereocenters. The Labute approximate surface area is 128 Å². The van der Waals surface area contributed by atoms with Gasteiger partial charge in [-0.2, -0.15) is 0 Å². The van der Waals surface area contributed by atoms with Gasteiger partial charge in [0.15, 0.2) is 0 Å². The Kier molecular flexibility index (Phi) is 5.16. The van der Waals surface area contributed by atoms with Crippen LogP contribution in [0.5, 0.6) is 0 Å². The van der Waals surface area contributed by atoms with Crippen LogP contribution in [0.3, 0.4) is 0 Å². The molecule has 0 aliphatic rings. The molecule has 1 N–H and O–H groups in total. The summed E-state index contributed by atoms with van der Waals surface area (Å²) in [5.74, 6) is 0.753. The zero-order valence-corrected chi connectivity index (χ0v) is 13.1. The number of anilines is 1. The van der Waals surface area contributed by atoms with Crippen LogP contribution < -0.4 is 5.32 Å². The topological polar surface area (TPSA) is 58.1 Å². The molecule has 110 valence electrons. The highest BCUT2D eigenvalue weighted by Crippen LogP contribution is 2.13. The van der Waals surface area contributed by atoms with Crippen LogP contribution in [0.1, 0.15) is 15.9 Å². The van der Waals surface area contributed by atoms with Crippen molar-refractivity contribution in [1.82, 2.24) is 14.9 Å². The van der Waals surface area contributed by atoms with Gasteiger partial charge in [-0.15, -0.1) is 11.8 Å². The van der Waals surface area contributed by atoms with E-state index in [0.717, 1.165) is 16.4 Å². The molecule has 5 nitrogen and oxygen atoms in total. The van der Waals surface area contributed by atoms with Crippen LogP contribution in [0.2, 0.25) is 0 Å². The predicted molar refractivity (Wildman–Crippen MR) is 85.6 cm³/mol. The van der Waals surface area contributed by atoms with E-state index >= 15 is 0 Å². The molecule has 0 atom stereocenters. The number of rotatable bonds is 5. The third-order valence-corrected chi connectivity index (χ3v) is 3.52. The maximum Gasteiger partial charge on any atom is 0.253 e. The Balaban J connectivity index is 1.99. The van der Waals surface area contributed by atoms with Crippen molar-refractivity contribution in [1.29, 1.82) is 0 Å². The van der Waals surface area contributed by atoms with Crippen molar-refractivity contribution in [3.05, 3.63) is 47.8 Å². The molecule has 0 saturated carbocycles. The van der Waals surface area contributed by atoms with Gasteiger partial charge in [-0.3, -0.25) is 9.78 Å². The van der Waals surface area contributed by atoms with Crippen LogP contribution >= 0.6 is 11.8 Å². The molecule has 0 fully saturated rings. The lowest BCUT2D eigenvalue weighted by atomic mass is 10.1. The first-order valence-electron chi connectivity index (χ1n) is 6.50. The number of amides is 1. The standard InChI is InChI=1S/C15H18N4OS/c1-19(2)15(20)12-6-4-11(5-7-12)8-17-13-9-16-10-14(18-13)21-3/h4-7,9-10H,8H2,1-3H3,(H,17,18). The SMILES string of the molecule is CSc1cncc(NCc2ccc(C(=O)N(C)C)cc2)n1. The van der Waals surface area contributed by atoms with Crippen LogP contribution in [-0.2, 0) is 6.54 Å². The summed E-state index contributed by atoms with van der Waals surface area (Å²) >= 11 is 1.56. The molecular weight excluding hydrogens is 284 g/mol. The van der Waals surface area contributed by atoms with E-state index in [-0.39, 0.29) is 5.91 Å². The van der Waals surface area contributed by atoms with Gasteiger partial charge in [-0.1, -0.05) is 12.1 Å². The molecule has 2 rings (SSSR count). The third kappa shape index (κ3) is 4.19. The second kappa shape index (κ2) is 7.08. The van der Waals surface area contributed by atoms with Gasteiger partial charge < -0.3 is 10.2 Å². The minimum absolute atomic E-state index is 0.00745. The summed E-state index contributed by atoms with van der Waals surface area (Å²) in [5, 5.41) is 4.11. The monoisotopic (exact) mass is 302 g/mol. The van der Waals surface area contributed by atoms with Gasteiger partial charge in [0.25, 0.3) is 5.91 Å². The average Bonchev–Trinajstić information content (AvgIpc) is 2.53. The lowest BCUT2D eigenvalue weighted by Crippen LogP contribution is -2.21. The molecule has 21 heavy (non-hydrogen) atoms. The Bertz CT molecular complexity index is 613. The molecule has 1 aromatic carbocycles. The van der Waals surface area contributed by atoms with Gasteiger partial charge in [0.2, 0.25) is 0 Å². The van der Waals surface area contributed by atoms with Crippen molar-refractivity contribution in [3.63, 3.8) is 0 Å². The molecule has 6 heteroatoms. The summed E-state index contributed by atoms with van der Waals surface area (Å²) in [6.07, 6.45) is 5.40. The number of benzene rings is 1. The van der Waals surface area contributed by atoms with Crippen molar-refractivity contribution in [3.8, 4) is 0 Å². The van der Waals surface area contributed by atoms with Crippen molar-refractivity contribution in [2.75, 3.05) is 25.7 Å². The molecule has 1 aromatic heterocycles. The van der Waals surface area contributed by atoms with E-state index in [0.29, 0.717) is 12.1 Å². The third-order valence-electron chi connectivity index (χ3n) is 2.90. The summed E-state index contributed by atoms with van der Waals surface area (Å²) in [6.45, 7) is 0.642. The number of hydrogen-bond donors (Lipinski definition) is 1. The van der Waals surface area contributed by atoms with Crippen LogP contribution in [0.15, 0.2) is 41.7 Å². The van der Waals surface area contributed by atoms with E-state index in [1.807, 2.05) is 30.5 Å². The van der Waals surface area contributed by atoms with Gasteiger partial charge in [0.05, 0.1) is 12.4 Å². The number of carbonyl (C=O) groups excluding carboxylic acids is 1. The van der Waals surface area contributed by atoms with E-state index < -0.39 is 0 Å². The molecule has 0 aliphatic heterocycles. The zero-order valence-electron chi connectivity index (χ0n) is 12.3. The van der Waals surface area contributed by atoms with E-state index in [9.17, 15) is 4.79 Å². The lowest BCUT2D eigenvalue weighted by Gasteiger charge is -2.11. The average molecular weight is 302 g/mol. The Hall–Kier alpha value is -2.08. The largest absolute Gasteiger partial charge is 0.365 e. The van der Waals surface area contributed by atoms with E-state index in [1.165, 1.54) is 0 Å². The highest BCUT2D eigenvalue weighted by Gasteiger charge is 2.07. The van der Waals surface area contributed by atoms with Crippen molar-refractivity contribution in [2.24, 2.45) is 0 Å². The molecule has 0 radical (unpaired) electrons. The minimum atomic E-state index is 0.00745. The summed E-state index contributed by atoms with van der Waals surface area (Å²) < 4.78 is 0. The van der Waals surface area contributed by atoms with Gasteiger partial charge in [-0.25, -0.2) is 4.98 Å². The maximum atomic E-state index is 11.8. The first-order valence-corrected chi connectivity index (χ1v) is 7.73. The van der Waals surface area contributed by atoms with Crippen molar-refractivity contribution in [2.45, 2.75) is 11.6 Å². The smallest absolute Gasteiger partial charge is 0.253 e. The van der Waals surface area contributed by atoms with Gasteiger partial charge in [0.1, 0.15) is 10.8 Å². The molecule has 1 amide bonds. The van der Waals surface area contributed by atoms with Gasteiger partial charge in [-0.05, 0) is 24.0 Å². The highest BCUT2D eigenvalue weighted by molar-refractivity contribution is 7.98. The molecular formula is C15H18N4OS. The van der Waals surface area contributed by atoms with E-state index in [2.05, 4.69) is 15.3 Å². The summed E-state index contributed by atoms with van der Waals surface area (Å²) in [7, 11) is 3.49. The Morgan fingerprint density at radius 3 is 2.57 bits per heavy atom. The quantitative estimate of drug-likeness (QED) is 0.860. The van der Waals surface area contributed by atoms with Gasteiger partial charge in [0, 0.05) is 26.2 Å². The van der Waals surface area contributed by atoms with Crippen LogP contribution in [0.25, 0.3) is 0 Å². The number of thioether (sulfide) groups is 1. The molecule has 0 saturated heterocycles. The number of nitrogens with zero attached hydrogens (tertiary/aromatic N) is 3. The molecule has 0 aliphatic carbocycles. The molecule has 2 aromatic rings. The maximum absolute atomic E-state index is 11.8. The zero-order chi connectivity index (χ0) is 15.2. The summed E-state index contributed by atoms with van der Waals surface area (Å²) in [6, 6.07) is 7.55. The molecule has 1 heterocycles. The van der Waals surface area contributed by atoms with E-state index in [4.69, 9.17) is 0 Å². The van der Waals surface area contributed by atoms with Crippen LogP contribution in [-0.4, -0.2) is 41.1 Å². The Morgan fingerprint density at radius 2 is 1.95 bits per heavy atom. The fourth-order valence-electron chi connectivity index (χ4n) is 1.75. The second-order valence-electron chi connectivity index (χ2n) is 4.70. The number of hydrogen-bond acceptors (Lipinski definition) is 5. The second-order valence-corrected chi connectivity index (χ2v) is 5.52. The molecule has 0 spiro atoms. The summed E-state index contributed by atoms with van der Waals surface area (Å²) in [4.78, 5) is 21.9. The van der Waals surface area contributed by atoms with Crippen molar-refractivity contribution >= 4 is 23.5 Å². The minimum Gasteiger partial charge on any atom is -0.365 e. The van der Waals surface area contributed by atoms with Crippen molar-refractivity contribution < 1.29 is 4.79 Å². The van der Waals surface area contributed by atoms with Gasteiger partial charge >= 0.3 is 0 Å². The van der Waals surface area contributed by atoms with Crippen LogP contribution in [0, 0.1) is 0 Å². The molecule has 0 bridgehead atoms. The normalized spacial score (nSPS) is 10.2. The lowest BCUT2D eigenvalue weighted by molar-refractivity contribution is 0.0827. The van der Waals surface area contributed by atoms with E-state index in [1.54, 1.807) is 43.2 Å². The fraction of sp³-hybridized carbons (Fsp3) is 0.267. The number of nitrogens with one attached hydrogen (secondary N) is 1.